The number of rotatable bonds is 8. The first-order chi connectivity index (χ1) is 23.7. The Morgan fingerprint density at radius 2 is 1.78 bits per heavy atom. The summed E-state index contributed by atoms with van der Waals surface area (Å²) in [6.45, 7) is 1.78. The monoisotopic (exact) mass is 679 g/mol. The number of carbonyl (C=O) groups excluding carboxylic acids is 6. The van der Waals surface area contributed by atoms with Gasteiger partial charge in [0.1, 0.15) is 17.8 Å². The summed E-state index contributed by atoms with van der Waals surface area (Å²) < 4.78 is 10.7. The van der Waals surface area contributed by atoms with Crippen molar-refractivity contribution in [3.8, 4) is 0 Å². The highest BCUT2D eigenvalue weighted by Gasteiger charge is 2.31. The van der Waals surface area contributed by atoms with Crippen LogP contribution in [-0.2, 0) is 52.9 Å². The summed E-state index contributed by atoms with van der Waals surface area (Å²) >= 11 is 0. The number of nitrogens with one attached hydrogen (secondary N) is 5. The third-order valence-corrected chi connectivity index (χ3v) is 8.22. The predicted octanol–water partition coefficient (Wildman–Crippen LogP) is -0.943. The molecule has 4 rings (SSSR count). The average Bonchev–Trinajstić information content (AvgIpc) is 3.62. The maximum atomic E-state index is 13.5. The first-order valence-corrected chi connectivity index (χ1v) is 16.5. The number of nitrogens with zero attached hydrogens (tertiary/aromatic N) is 1. The van der Waals surface area contributed by atoms with Crippen LogP contribution in [0.4, 0.5) is 0 Å². The molecule has 0 saturated carbocycles. The van der Waals surface area contributed by atoms with Crippen LogP contribution in [0.15, 0.2) is 59.2 Å². The van der Waals surface area contributed by atoms with Gasteiger partial charge in [0.15, 0.2) is 0 Å². The maximum absolute atomic E-state index is 13.5. The molecule has 7 N–H and O–H groups in total. The van der Waals surface area contributed by atoms with Crippen molar-refractivity contribution in [1.29, 1.82) is 0 Å². The number of hydrogen-bond donors (Lipinski definition) is 6. The fraction of sp³-hybridized carbons (Fsp3) is 0.471. The second-order valence-corrected chi connectivity index (χ2v) is 11.9. The molecule has 3 heterocycles. The van der Waals surface area contributed by atoms with Gasteiger partial charge < -0.3 is 46.4 Å². The Bertz CT molecular complexity index is 1480. The maximum Gasteiger partial charge on any atom is 0.246 e. The van der Waals surface area contributed by atoms with Crippen LogP contribution in [0.5, 0.6) is 0 Å². The fourth-order valence-electron chi connectivity index (χ4n) is 5.62. The van der Waals surface area contributed by atoms with E-state index in [9.17, 15) is 28.8 Å². The Balaban J connectivity index is 1.53. The third-order valence-electron chi connectivity index (χ3n) is 8.22. The lowest BCUT2D eigenvalue weighted by atomic mass is 9.96. The molecule has 1 aromatic carbocycles. The minimum absolute atomic E-state index is 0.00331. The molecule has 1 aromatic heterocycles. The lowest BCUT2D eigenvalue weighted by Gasteiger charge is -2.32. The van der Waals surface area contributed by atoms with Gasteiger partial charge in [0.25, 0.3) is 0 Å². The summed E-state index contributed by atoms with van der Waals surface area (Å²) in [6.07, 6.45) is 4.89. The van der Waals surface area contributed by atoms with E-state index >= 15 is 0 Å². The number of amides is 6. The smallest absolute Gasteiger partial charge is 0.246 e. The molecule has 0 unspecified atom stereocenters. The average molecular weight is 680 g/mol. The first-order valence-electron chi connectivity index (χ1n) is 16.5. The van der Waals surface area contributed by atoms with Gasteiger partial charge in [-0.15, -0.1) is 0 Å². The first kappa shape index (κ1) is 36.8. The van der Waals surface area contributed by atoms with Crippen LogP contribution in [0.25, 0.3) is 0 Å². The molecule has 49 heavy (non-hydrogen) atoms. The predicted molar refractivity (Wildman–Crippen MR) is 177 cm³/mol. The van der Waals surface area contributed by atoms with E-state index in [1.807, 2.05) is 0 Å². The van der Waals surface area contributed by atoms with Crippen molar-refractivity contribution in [2.24, 2.45) is 11.7 Å². The number of fused-ring (bicyclic) bond motifs is 3. The second-order valence-electron chi connectivity index (χ2n) is 11.9. The van der Waals surface area contributed by atoms with Crippen LogP contribution >= 0.6 is 0 Å². The Kier molecular flexibility index (Phi) is 14.3. The second kappa shape index (κ2) is 19.1. The molecule has 2 aliphatic heterocycles. The zero-order chi connectivity index (χ0) is 35.0. The quantitative estimate of drug-likeness (QED) is 0.190. The van der Waals surface area contributed by atoms with Gasteiger partial charge in [-0.25, -0.2) is 0 Å². The third kappa shape index (κ3) is 11.9. The lowest BCUT2D eigenvalue weighted by Crippen LogP contribution is -2.52. The van der Waals surface area contributed by atoms with Crippen LogP contribution in [0.2, 0.25) is 0 Å². The Morgan fingerprint density at radius 1 is 0.959 bits per heavy atom. The molecule has 0 radical (unpaired) electrons. The highest BCUT2D eigenvalue weighted by Crippen LogP contribution is 2.18. The largest absolute Gasteiger partial charge is 0.469 e. The van der Waals surface area contributed by atoms with Crippen molar-refractivity contribution in [3.63, 3.8) is 0 Å². The number of ether oxygens (including phenoxy) is 1. The van der Waals surface area contributed by atoms with Crippen molar-refractivity contribution in [1.82, 2.24) is 31.5 Å². The Morgan fingerprint density at radius 3 is 2.55 bits per heavy atom. The highest BCUT2D eigenvalue weighted by atomic mass is 16.5. The zero-order valence-corrected chi connectivity index (χ0v) is 27.4. The Hall–Kier alpha value is -5.02. The number of piperidine rings is 1. The van der Waals surface area contributed by atoms with E-state index in [1.165, 1.54) is 11.2 Å². The molecule has 2 aliphatic rings. The molecule has 264 valence electrons. The van der Waals surface area contributed by atoms with E-state index in [1.54, 1.807) is 36.4 Å². The highest BCUT2D eigenvalue weighted by molar-refractivity contribution is 5.99. The minimum atomic E-state index is -1.01. The SMILES string of the molecule is NCCOCCNC(=O)[C@@H]1CCNC(=O)Cc2ccccc2CNC(=O)[C@H](Cc2ccco2)NC(=O)[C@@H]2CCCN(C2)C(=O)/C=C\C(=O)N1. The van der Waals surface area contributed by atoms with Crippen LogP contribution in [0.3, 0.4) is 0 Å². The van der Waals surface area contributed by atoms with E-state index in [2.05, 4.69) is 26.6 Å². The summed E-state index contributed by atoms with van der Waals surface area (Å²) in [5, 5.41) is 13.8. The summed E-state index contributed by atoms with van der Waals surface area (Å²) in [7, 11) is 0. The molecule has 2 aromatic rings. The van der Waals surface area contributed by atoms with Crippen molar-refractivity contribution < 1.29 is 37.9 Å². The van der Waals surface area contributed by atoms with E-state index in [0.29, 0.717) is 49.4 Å². The van der Waals surface area contributed by atoms with E-state index in [-0.39, 0.29) is 63.9 Å². The minimum Gasteiger partial charge on any atom is -0.469 e. The zero-order valence-electron chi connectivity index (χ0n) is 27.4. The summed E-state index contributed by atoms with van der Waals surface area (Å²) in [5.41, 5.74) is 6.82. The van der Waals surface area contributed by atoms with Gasteiger partial charge in [0.2, 0.25) is 35.4 Å². The van der Waals surface area contributed by atoms with Gasteiger partial charge in [-0.05, 0) is 42.5 Å². The lowest BCUT2D eigenvalue weighted by molar-refractivity contribution is -0.135. The molecule has 1 fully saturated rings. The summed E-state index contributed by atoms with van der Waals surface area (Å²) in [5.74, 6) is -2.83. The molecular weight excluding hydrogens is 634 g/mol. The van der Waals surface area contributed by atoms with Gasteiger partial charge in [-0.2, -0.15) is 0 Å². The number of furan rings is 1. The number of hydrogen-bond acceptors (Lipinski definition) is 9. The van der Waals surface area contributed by atoms with E-state index < -0.39 is 41.6 Å². The fourth-order valence-corrected chi connectivity index (χ4v) is 5.62. The topological polar surface area (TPSA) is 214 Å². The van der Waals surface area contributed by atoms with Crippen LogP contribution < -0.4 is 32.3 Å². The molecule has 2 bridgehead atoms. The van der Waals surface area contributed by atoms with Crippen molar-refractivity contribution >= 4 is 35.4 Å². The number of nitrogens with two attached hydrogens (primary N) is 1. The van der Waals surface area contributed by atoms with Gasteiger partial charge in [-0.3, -0.25) is 28.8 Å². The van der Waals surface area contributed by atoms with Gasteiger partial charge >= 0.3 is 0 Å². The molecule has 15 nitrogen and oxygen atoms in total. The molecule has 3 atom stereocenters. The van der Waals surface area contributed by atoms with Gasteiger partial charge in [-0.1, -0.05) is 24.3 Å². The van der Waals surface area contributed by atoms with Crippen molar-refractivity contribution in [2.45, 2.75) is 50.7 Å². The molecule has 1 saturated heterocycles. The molecule has 0 spiro atoms. The summed E-state index contributed by atoms with van der Waals surface area (Å²) in [4.78, 5) is 80.2. The number of benzene rings is 1. The standard InChI is InChI=1S/C34H45N7O8/c35-12-17-48-18-14-37-33(46)27-11-13-36-30(43)19-23-5-1-2-6-24(23)21-38-34(47)28(20-26-8-4-16-49-26)40-32(45)25-7-3-15-41(22-25)31(44)10-9-29(42)39-27/h1-2,4-6,8-10,16,25,27-28H,3,7,11-15,17-22,35H2,(H,36,43)(H,37,46)(H,38,47)(H,39,42)(H,40,45)/b10-9-/t25-,27+,28+/m1/s1. The van der Waals surface area contributed by atoms with Crippen LogP contribution in [-0.4, -0.2) is 98.4 Å². The summed E-state index contributed by atoms with van der Waals surface area (Å²) in [6, 6.07) is 8.62. The Labute approximate surface area is 284 Å². The van der Waals surface area contributed by atoms with E-state index in [4.69, 9.17) is 14.9 Å². The normalized spacial score (nSPS) is 22.3. The molecular formula is C34H45N7O8. The molecule has 15 heteroatoms. The van der Waals surface area contributed by atoms with E-state index in [0.717, 1.165) is 12.2 Å². The van der Waals surface area contributed by atoms with Gasteiger partial charge in [0.05, 0.1) is 31.8 Å². The van der Waals surface area contributed by atoms with Crippen molar-refractivity contribution in [2.75, 3.05) is 45.9 Å². The van der Waals surface area contributed by atoms with Crippen LogP contribution in [0.1, 0.15) is 36.1 Å². The molecule has 6 amide bonds. The van der Waals surface area contributed by atoms with Gasteiger partial charge in [0, 0.05) is 57.8 Å². The molecule has 0 aliphatic carbocycles. The van der Waals surface area contributed by atoms with Crippen molar-refractivity contribution in [3.05, 3.63) is 71.7 Å². The van der Waals surface area contributed by atoms with Crippen LogP contribution in [0, 0.1) is 5.92 Å². The number of carbonyl (C=O) groups is 6.